The summed E-state index contributed by atoms with van der Waals surface area (Å²) >= 11 is 0. The second-order valence-corrected chi connectivity index (χ2v) is 5.94. The Bertz CT molecular complexity index is 375. The molecule has 1 saturated carbocycles. The summed E-state index contributed by atoms with van der Waals surface area (Å²) < 4.78 is 0. The number of carbonyl (C=O) groups excluding carboxylic acids is 2. The highest BCUT2D eigenvalue weighted by Gasteiger charge is 2.54. The molecule has 0 spiro atoms. The van der Waals surface area contributed by atoms with Gasteiger partial charge in [0.2, 0.25) is 5.91 Å². The predicted molar refractivity (Wildman–Crippen MR) is 70.2 cm³/mol. The van der Waals surface area contributed by atoms with Crippen LogP contribution in [0.2, 0.25) is 0 Å². The van der Waals surface area contributed by atoms with Crippen LogP contribution in [0.15, 0.2) is 0 Å². The standard InChI is InChI=1S/C13H23N3O3/c1-3-8(2)10(15-12(14)18)11(17)16-6-13(19,7-16)9-4-5-9/h8-10,19H,3-7H2,1-2H3,(H3,14,15,18). The van der Waals surface area contributed by atoms with E-state index < -0.39 is 17.7 Å². The Hall–Kier alpha value is -1.30. The maximum atomic E-state index is 12.3. The molecule has 19 heavy (non-hydrogen) atoms. The van der Waals surface area contributed by atoms with Gasteiger partial charge in [-0.15, -0.1) is 0 Å². The van der Waals surface area contributed by atoms with E-state index in [4.69, 9.17) is 5.73 Å². The smallest absolute Gasteiger partial charge is 0.312 e. The highest BCUT2D eigenvalue weighted by Crippen LogP contribution is 2.44. The van der Waals surface area contributed by atoms with Crippen molar-refractivity contribution in [3.05, 3.63) is 0 Å². The van der Waals surface area contributed by atoms with Gasteiger partial charge >= 0.3 is 6.03 Å². The summed E-state index contributed by atoms with van der Waals surface area (Å²) in [4.78, 5) is 25.0. The van der Waals surface area contributed by atoms with Gasteiger partial charge < -0.3 is 21.1 Å². The number of nitrogens with one attached hydrogen (secondary N) is 1. The molecule has 6 nitrogen and oxygen atoms in total. The summed E-state index contributed by atoms with van der Waals surface area (Å²) in [6, 6.07) is -1.28. The number of hydrogen-bond donors (Lipinski definition) is 3. The molecule has 0 aromatic heterocycles. The highest BCUT2D eigenvalue weighted by atomic mass is 16.3. The molecule has 4 N–H and O–H groups in total. The molecule has 6 heteroatoms. The molecule has 1 aliphatic heterocycles. The average Bonchev–Trinajstić information content (AvgIpc) is 3.14. The third-order valence-electron chi connectivity index (χ3n) is 4.36. The van der Waals surface area contributed by atoms with Gasteiger partial charge in [0.25, 0.3) is 0 Å². The Morgan fingerprint density at radius 3 is 2.47 bits per heavy atom. The van der Waals surface area contributed by atoms with Crippen molar-refractivity contribution < 1.29 is 14.7 Å². The molecule has 0 radical (unpaired) electrons. The van der Waals surface area contributed by atoms with Crippen molar-refractivity contribution in [2.45, 2.75) is 44.8 Å². The van der Waals surface area contributed by atoms with Crippen LogP contribution in [0.25, 0.3) is 0 Å². The van der Waals surface area contributed by atoms with Crippen molar-refractivity contribution in [3.63, 3.8) is 0 Å². The molecule has 2 rings (SSSR count). The Labute approximate surface area is 113 Å². The predicted octanol–water partition coefficient (Wildman–Crippen LogP) is 0.0527. The number of primary amides is 1. The minimum absolute atomic E-state index is 0.0228. The molecule has 0 aromatic carbocycles. The lowest BCUT2D eigenvalue weighted by Crippen LogP contribution is -2.68. The number of likely N-dealkylation sites (tertiary alicyclic amines) is 1. The van der Waals surface area contributed by atoms with Crippen molar-refractivity contribution in [1.82, 2.24) is 10.2 Å². The number of β-amino-alcohol motifs (C(OH)–C–C–N with tert-alkyl or cyclic N) is 1. The first-order valence-corrected chi connectivity index (χ1v) is 6.94. The monoisotopic (exact) mass is 269 g/mol. The van der Waals surface area contributed by atoms with Crippen LogP contribution in [0.1, 0.15) is 33.1 Å². The van der Waals surface area contributed by atoms with Gasteiger partial charge in [-0.1, -0.05) is 20.3 Å². The Morgan fingerprint density at radius 1 is 1.47 bits per heavy atom. The van der Waals surface area contributed by atoms with Crippen LogP contribution < -0.4 is 11.1 Å². The largest absolute Gasteiger partial charge is 0.386 e. The topological polar surface area (TPSA) is 95.7 Å². The fourth-order valence-electron chi connectivity index (χ4n) is 2.68. The Balaban J connectivity index is 1.94. The van der Waals surface area contributed by atoms with E-state index in [9.17, 15) is 14.7 Å². The molecule has 0 bridgehead atoms. The first-order valence-electron chi connectivity index (χ1n) is 6.94. The van der Waals surface area contributed by atoms with Gasteiger partial charge in [-0.3, -0.25) is 4.79 Å². The van der Waals surface area contributed by atoms with E-state index in [1.165, 1.54) is 0 Å². The molecule has 1 saturated heterocycles. The fraction of sp³-hybridized carbons (Fsp3) is 0.846. The van der Waals surface area contributed by atoms with Gasteiger partial charge in [0.15, 0.2) is 0 Å². The van der Waals surface area contributed by atoms with Crippen molar-refractivity contribution >= 4 is 11.9 Å². The van der Waals surface area contributed by atoms with E-state index in [-0.39, 0.29) is 11.8 Å². The molecule has 2 aliphatic rings. The van der Waals surface area contributed by atoms with E-state index in [1.807, 2.05) is 13.8 Å². The Kier molecular flexibility index (Phi) is 3.71. The SMILES string of the molecule is CCC(C)C(NC(N)=O)C(=O)N1CC(O)(C2CC2)C1. The van der Waals surface area contributed by atoms with Crippen LogP contribution in [0.5, 0.6) is 0 Å². The summed E-state index contributed by atoms with van der Waals surface area (Å²) in [5, 5.41) is 12.7. The maximum absolute atomic E-state index is 12.3. The molecule has 3 amide bonds. The Morgan fingerprint density at radius 2 is 2.05 bits per heavy atom. The van der Waals surface area contributed by atoms with Gasteiger partial charge in [-0.2, -0.15) is 0 Å². The first-order chi connectivity index (χ1) is 8.87. The normalized spacial score (nSPS) is 24.3. The fourth-order valence-corrected chi connectivity index (χ4v) is 2.68. The summed E-state index contributed by atoms with van der Waals surface area (Å²) in [5.74, 6) is 0.232. The number of nitrogens with zero attached hydrogens (tertiary/aromatic N) is 1. The van der Waals surface area contributed by atoms with Crippen molar-refractivity contribution in [2.24, 2.45) is 17.6 Å². The molecule has 2 fully saturated rings. The van der Waals surface area contributed by atoms with Gasteiger partial charge in [0.05, 0.1) is 13.1 Å². The lowest BCUT2D eigenvalue weighted by Gasteiger charge is -2.48. The van der Waals surface area contributed by atoms with Gasteiger partial charge in [0, 0.05) is 0 Å². The van der Waals surface area contributed by atoms with Gasteiger partial charge in [-0.25, -0.2) is 4.79 Å². The van der Waals surface area contributed by atoms with Crippen LogP contribution in [0.3, 0.4) is 0 Å². The lowest BCUT2D eigenvalue weighted by molar-refractivity contribution is -0.162. The zero-order chi connectivity index (χ0) is 14.2. The van der Waals surface area contributed by atoms with Gasteiger partial charge in [-0.05, 0) is 24.7 Å². The summed E-state index contributed by atoms with van der Waals surface area (Å²) in [6.07, 6.45) is 2.87. The highest BCUT2D eigenvalue weighted by molar-refractivity contribution is 5.87. The number of carbonyl (C=O) groups is 2. The number of aliphatic hydroxyl groups is 1. The van der Waals surface area contributed by atoms with Crippen LogP contribution in [0, 0.1) is 11.8 Å². The number of nitrogens with two attached hydrogens (primary N) is 1. The maximum Gasteiger partial charge on any atom is 0.312 e. The number of rotatable bonds is 5. The minimum Gasteiger partial charge on any atom is -0.386 e. The molecule has 0 aromatic rings. The van der Waals surface area contributed by atoms with Crippen molar-refractivity contribution in [2.75, 3.05) is 13.1 Å². The quantitative estimate of drug-likeness (QED) is 0.658. The van der Waals surface area contributed by atoms with Crippen molar-refractivity contribution in [1.29, 1.82) is 0 Å². The van der Waals surface area contributed by atoms with E-state index in [0.717, 1.165) is 19.3 Å². The summed E-state index contributed by atoms with van der Waals surface area (Å²) in [5.41, 5.74) is 4.43. The number of hydrogen-bond acceptors (Lipinski definition) is 3. The summed E-state index contributed by atoms with van der Waals surface area (Å²) in [7, 11) is 0. The first kappa shape index (κ1) is 14.1. The third kappa shape index (κ3) is 2.83. The van der Waals surface area contributed by atoms with E-state index in [1.54, 1.807) is 4.90 Å². The minimum atomic E-state index is -0.692. The van der Waals surface area contributed by atoms with Crippen LogP contribution in [-0.2, 0) is 4.79 Å². The molecular weight excluding hydrogens is 246 g/mol. The van der Waals surface area contributed by atoms with Crippen LogP contribution in [-0.4, -0.2) is 46.7 Å². The van der Waals surface area contributed by atoms with Crippen LogP contribution in [0.4, 0.5) is 4.79 Å². The zero-order valence-electron chi connectivity index (χ0n) is 11.6. The zero-order valence-corrected chi connectivity index (χ0v) is 11.6. The third-order valence-corrected chi connectivity index (χ3v) is 4.36. The van der Waals surface area contributed by atoms with Crippen LogP contribution >= 0.6 is 0 Å². The van der Waals surface area contributed by atoms with E-state index in [0.29, 0.717) is 19.0 Å². The second-order valence-electron chi connectivity index (χ2n) is 5.94. The van der Waals surface area contributed by atoms with E-state index in [2.05, 4.69) is 5.32 Å². The van der Waals surface area contributed by atoms with E-state index >= 15 is 0 Å². The molecule has 1 heterocycles. The summed E-state index contributed by atoms with van der Waals surface area (Å²) in [6.45, 7) is 4.63. The second kappa shape index (κ2) is 5.00. The molecule has 2 atom stereocenters. The lowest BCUT2D eigenvalue weighted by atomic mass is 9.87. The number of urea groups is 1. The molecule has 2 unspecified atom stereocenters. The molecule has 108 valence electrons. The molecule has 1 aliphatic carbocycles. The number of amides is 3. The average molecular weight is 269 g/mol. The molecular formula is C13H23N3O3. The van der Waals surface area contributed by atoms with Crippen molar-refractivity contribution in [3.8, 4) is 0 Å². The van der Waals surface area contributed by atoms with Gasteiger partial charge in [0.1, 0.15) is 11.6 Å².